The van der Waals surface area contributed by atoms with Gasteiger partial charge in [0.25, 0.3) is 5.91 Å². The Hall–Kier alpha value is -2.07. The van der Waals surface area contributed by atoms with E-state index in [0.29, 0.717) is 23.3 Å². The summed E-state index contributed by atoms with van der Waals surface area (Å²) in [7, 11) is 0. The molecule has 0 unspecified atom stereocenters. The third-order valence-electron chi connectivity index (χ3n) is 4.59. The van der Waals surface area contributed by atoms with E-state index in [2.05, 4.69) is 15.6 Å². The smallest absolute Gasteiger partial charge is 0.270 e. The van der Waals surface area contributed by atoms with Gasteiger partial charge in [-0.15, -0.1) is 0 Å². The number of nitrogens with zero attached hydrogens (tertiary/aromatic N) is 1. The lowest BCUT2D eigenvalue weighted by atomic mass is 10.1. The van der Waals surface area contributed by atoms with E-state index in [1.54, 1.807) is 12.3 Å². The zero-order chi connectivity index (χ0) is 17.5. The van der Waals surface area contributed by atoms with Crippen LogP contribution in [0.3, 0.4) is 0 Å². The van der Waals surface area contributed by atoms with Crippen molar-refractivity contribution in [2.45, 2.75) is 51.1 Å². The van der Waals surface area contributed by atoms with Gasteiger partial charge in [-0.2, -0.15) is 0 Å². The summed E-state index contributed by atoms with van der Waals surface area (Å²) < 4.78 is 0. The SMILES string of the molecule is O=C(NCc1ccc(Cl)cc1)c1ccc(NC2CCCCCC2)cn1. The summed E-state index contributed by atoms with van der Waals surface area (Å²) in [6, 6.07) is 11.7. The molecule has 0 radical (unpaired) electrons. The minimum Gasteiger partial charge on any atom is -0.381 e. The van der Waals surface area contributed by atoms with Gasteiger partial charge in [0.05, 0.1) is 11.9 Å². The summed E-state index contributed by atoms with van der Waals surface area (Å²) in [5.74, 6) is -0.170. The van der Waals surface area contributed by atoms with Crippen LogP contribution in [-0.4, -0.2) is 16.9 Å². The fourth-order valence-electron chi connectivity index (χ4n) is 3.15. The number of aromatic nitrogens is 1. The maximum atomic E-state index is 12.2. The van der Waals surface area contributed by atoms with Crippen molar-refractivity contribution in [2.24, 2.45) is 0 Å². The van der Waals surface area contributed by atoms with Gasteiger partial charge in [-0.3, -0.25) is 4.79 Å². The Balaban J connectivity index is 1.52. The summed E-state index contributed by atoms with van der Waals surface area (Å²) in [5, 5.41) is 7.11. The van der Waals surface area contributed by atoms with Crippen molar-refractivity contribution in [3.05, 3.63) is 58.9 Å². The van der Waals surface area contributed by atoms with Crippen LogP contribution in [0.25, 0.3) is 0 Å². The van der Waals surface area contributed by atoms with Crippen LogP contribution in [0.1, 0.15) is 54.6 Å². The molecule has 4 nitrogen and oxygen atoms in total. The average molecular weight is 358 g/mol. The highest BCUT2D eigenvalue weighted by molar-refractivity contribution is 6.30. The monoisotopic (exact) mass is 357 g/mol. The molecule has 0 bridgehead atoms. The van der Waals surface area contributed by atoms with Gasteiger partial charge in [0.15, 0.2) is 0 Å². The second kappa shape index (κ2) is 8.86. The van der Waals surface area contributed by atoms with Gasteiger partial charge in [0, 0.05) is 17.6 Å². The summed E-state index contributed by atoms with van der Waals surface area (Å²) in [6.07, 6.45) is 9.42. The number of amides is 1. The molecule has 1 fully saturated rings. The Morgan fingerprint density at radius 3 is 2.40 bits per heavy atom. The van der Waals surface area contributed by atoms with Crippen molar-refractivity contribution in [1.29, 1.82) is 0 Å². The Kier molecular flexibility index (Phi) is 6.29. The molecule has 1 aliphatic rings. The molecular weight excluding hydrogens is 334 g/mol. The van der Waals surface area contributed by atoms with Crippen LogP contribution in [0.15, 0.2) is 42.6 Å². The zero-order valence-electron chi connectivity index (χ0n) is 14.3. The molecule has 0 aliphatic heterocycles. The van der Waals surface area contributed by atoms with Crippen molar-refractivity contribution in [2.75, 3.05) is 5.32 Å². The van der Waals surface area contributed by atoms with E-state index in [4.69, 9.17) is 11.6 Å². The summed E-state index contributed by atoms with van der Waals surface area (Å²) in [5.41, 5.74) is 2.42. The Bertz CT molecular complexity index is 677. The standard InChI is InChI=1S/C20H24ClN3O/c21-16-9-7-15(8-10-16)13-23-20(25)19-12-11-18(14-22-19)24-17-5-3-1-2-4-6-17/h7-12,14,17,24H,1-6,13H2,(H,23,25). The molecule has 132 valence electrons. The highest BCUT2D eigenvalue weighted by atomic mass is 35.5. The molecule has 0 spiro atoms. The van der Waals surface area contributed by atoms with Gasteiger partial charge in [-0.1, -0.05) is 49.4 Å². The molecule has 1 heterocycles. The van der Waals surface area contributed by atoms with Gasteiger partial charge in [0.2, 0.25) is 0 Å². The molecule has 0 atom stereocenters. The van der Waals surface area contributed by atoms with Gasteiger partial charge in [0.1, 0.15) is 5.69 Å². The first-order chi connectivity index (χ1) is 12.2. The third-order valence-corrected chi connectivity index (χ3v) is 4.84. The third kappa shape index (κ3) is 5.46. The maximum Gasteiger partial charge on any atom is 0.270 e. The van der Waals surface area contributed by atoms with Gasteiger partial charge in [-0.25, -0.2) is 4.98 Å². The lowest BCUT2D eigenvalue weighted by Crippen LogP contribution is -2.24. The minimum absolute atomic E-state index is 0.170. The molecule has 1 amide bonds. The number of benzene rings is 1. The topological polar surface area (TPSA) is 54.0 Å². The van der Waals surface area contributed by atoms with E-state index >= 15 is 0 Å². The van der Waals surface area contributed by atoms with Crippen LogP contribution < -0.4 is 10.6 Å². The van der Waals surface area contributed by atoms with E-state index in [1.807, 2.05) is 30.3 Å². The predicted molar refractivity (Wildman–Crippen MR) is 102 cm³/mol. The molecule has 3 rings (SSSR count). The van der Waals surface area contributed by atoms with E-state index in [1.165, 1.54) is 38.5 Å². The summed E-state index contributed by atoms with van der Waals surface area (Å²) in [4.78, 5) is 16.5. The number of halogens is 1. The van der Waals surface area contributed by atoms with Crippen molar-refractivity contribution < 1.29 is 4.79 Å². The van der Waals surface area contributed by atoms with Crippen molar-refractivity contribution in [1.82, 2.24) is 10.3 Å². The van der Waals surface area contributed by atoms with Crippen LogP contribution in [0, 0.1) is 0 Å². The second-order valence-corrected chi connectivity index (χ2v) is 7.01. The minimum atomic E-state index is -0.170. The zero-order valence-corrected chi connectivity index (χ0v) is 15.1. The number of hydrogen-bond acceptors (Lipinski definition) is 3. The molecule has 1 saturated carbocycles. The Morgan fingerprint density at radius 2 is 1.76 bits per heavy atom. The fourth-order valence-corrected chi connectivity index (χ4v) is 3.27. The van der Waals surface area contributed by atoms with E-state index < -0.39 is 0 Å². The number of carbonyl (C=O) groups excluding carboxylic acids is 1. The highest BCUT2D eigenvalue weighted by Gasteiger charge is 2.12. The first kappa shape index (κ1) is 17.7. The van der Waals surface area contributed by atoms with Crippen molar-refractivity contribution >= 4 is 23.2 Å². The molecule has 0 saturated heterocycles. The average Bonchev–Trinajstić information content (AvgIpc) is 2.90. The number of pyridine rings is 1. The molecule has 2 N–H and O–H groups in total. The lowest BCUT2D eigenvalue weighted by molar-refractivity contribution is 0.0946. The van der Waals surface area contributed by atoms with Crippen LogP contribution in [-0.2, 0) is 6.54 Å². The molecule has 1 aromatic carbocycles. The Labute approximate surface area is 154 Å². The van der Waals surface area contributed by atoms with Crippen molar-refractivity contribution in [3.8, 4) is 0 Å². The van der Waals surface area contributed by atoms with E-state index in [0.717, 1.165) is 11.3 Å². The van der Waals surface area contributed by atoms with Crippen molar-refractivity contribution in [3.63, 3.8) is 0 Å². The van der Waals surface area contributed by atoms with Crippen LogP contribution in [0.2, 0.25) is 5.02 Å². The van der Waals surface area contributed by atoms with Crippen LogP contribution in [0.4, 0.5) is 5.69 Å². The fraction of sp³-hybridized carbons (Fsp3) is 0.400. The lowest BCUT2D eigenvalue weighted by Gasteiger charge is -2.17. The normalized spacial score (nSPS) is 15.4. The summed E-state index contributed by atoms with van der Waals surface area (Å²) >= 11 is 5.86. The largest absolute Gasteiger partial charge is 0.381 e. The van der Waals surface area contributed by atoms with E-state index in [9.17, 15) is 4.79 Å². The second-order valence-electron chi connectivity index (χ2n) is 6.57. The maximum absolute atomic E-state index is 12.2. The highest BCUT2D eigenvalue weighted by Crippen LogP contribution is 2.20. The number of carbonyl (C=O) groups is 1. The molecule has 5 heteroatoms. The number of hydrogen-bond donors (Lipinski definition) is 2. The van der Waals surface area contributed by atoms with Crippen LogP contribution in [0.5, 0.6) is 0 Å². The van der Waals surface area contributed by atoms with Gasteiger partial charge < -0.3 is 10.6 Å². The van der Waals surface area contributed by atoms with E-state index in [-0.39, 0.29) is 5.91 Å². The predicted octanol–water partition coefficient (Wildman–Crippen LogP) is 4.80. The molecule has 1 aromatic heterocycles. The summed E-state index contributed by atoms with van der Waals surface area (Å²) in [6.45, 7) is 0.458. The van der Waals surface area contributed by atoms with Crippen LogP contribution >= 0.6 is 11.6 Å². The molecular formula is C20H24ClN3O. The first-order valence-corrected chi connectivity index (χ1v) is 9.34. The quantitative estimate of drug-likeness (QED) is 0.756. The number of nitrogens with one attached hydrogen (secondary N) is 2. The number of rotatable bonds is 5. The van der Waals surface area contributed by atoms with Gasteiger partial charge in [-0.05, 0) is 42.7 Å². The molecule has 2 aromatic rings. The van der Waals surface area contributed by atoms with Gasteiger partial charge >= 0.3 is 0 Å². The first-order valence-electron chi connectivity index (χ1n) is 8.96. The molecule has 25 heavy (non-hydrogen) atoms. The number of anilines is 1. The molecule has 1 aliphatic carbocycles. The Morgan fingerprint density at radius 1 is 1.04 bits per heavy atom.